The summed E-state index contributed by atoms with van der Waals surface area (Å²) in [6.07, 6.45) is 5.14. The largest absolute Gasteiger partial charge is 0.497 e. The van der Waals surface area contributed by atoms with Crippen LogP contribution in [0.2, 0.25) is 0 Å². The lowest BCUT2D eigenvalue weighted by Gasteiger charge is -2.32. The normalized spacial score (nSPS) is 19.4. The van der Waals surface area contributed by atoms with Crippen LogP contribution >= 0.6 is 0 Å². The van der Waals surface area contributed by atoms with E-state index in [1.54, 1.807) is 14.2 Å². The zero-order valence-corrected chi connectivity index (χ0v) is 14.0. The Kier molecular flexibility index (Phi) is 5.06. The predicted octanol–water partition coefficient (Wildman–Crippen LogP) is 1.99. The number of nitrogens with zero attached hydrogens (tertiary/aromatic N) is 1. The number of rotatable bonds is 6. The first-order chi connectivity index (χ1) is 11.2. The van der Waals surface area contributed by atoms with E-state index < -0.39 is 0 Å². The lowest BCUT2D eigenvalue weighted by Crippen LogP contribution is -2.45. The van der Waals surface area contributed by atoms with Crippen LogP contribution in [0.1, 0.15) is 31.2 Å². The van der Waals surface area contributed by atoms with Crippen LogP contribution < -0.4 is 14.8 Å². The van der Waals surface area contributed by atoms with E-state index in [4.69, 9.17) is 9.47 Å². The molecule has 3 rings (SSSR count). The van der Waals surface area contributed by atoms with E-state index in [0.717, 1.165) is 49.0 Å². The summed E-state index contributed by atoms with van der Waals surface area (Å²) in [6, 6.07) is 6.68. The van der Waals surface area contributed by atoms with Gasteiger partial charge in [-0.25, -0.2) is 0 Å². The molecule has 126 valence electrons. The maximum atomic E-state index is 12.4. The molecular weight excluding hydrogens is 292 g/mol. The van der Waals surface area contributed by atoms with Crippen molar-refractivity contribution in [3.63, 3.8) is 0 Å². The predicted molar refractivity (Wildman–Crippen MR) is 89.0 cm³/mol. The number of methoxy groups -OCH3 is 2. The molecule has 2 fully saturated rings. The number of hydrogen-bond donors (Lipinski definition) is 1. The molecule has 1 aliphatic carbocycles. The summed E-state index contributed by atoms with van der Waals surface area (Å²) in [5.41, 5.74) is 0.861. The highest BCUT2D eigenvalue weighted by Crippen LogP contribution is 2.29. The zero-order chi connectivity index (χ0) is 16.2. The van der Waals surface area contributed by atoms with Crippen molar-refractivity contribution in [2.24, 2.45) is 0 Å². The first kappa shape index (κ1) is 16.1. The van der Waals surface area contributed by atoms with Crippen molar-refractivity contribution in [2.75, 3.05) is 27.3 Å². The fourth-order valence-corrected chi connectivity index (χ4v) is 3.32. The molecule has 0 atom stereocenters. The molecule has 1 saturated carbocycles. The van der Waals surface area contributed by atoms with Crippen molar-refractivity contribution < 1.29 is 14.3 Å². The molecule has 1 saturated heterocycles. The topological polar surface area (TPSA) is 50.8 Å². The monoisotopic (exact) mass is 318 g/mol. The van der Waals surface area contributed by atoms with Crippen LogP contribution in [0, 0.1) is 0 Å². The lowest BCUT2D eigenvalue weighted by molar-refractivity contribution is -0.121. The Bertz CT molecular complexity index is 549. The van der Waals surface area contributed by atoms with Crippen LogP contribution in [0.25, 0.3) is 0 Å². The van der Waals surface area contributed by atoms with E-state index in [0.29, 0.717) is 12.5 Å². The van der Waals surface area contributed by atoms with Crippen molar-refractivity contribution in [1.29, 1.82) is 0 Å². The third-order valence-electron chi connectivity index (χ3n) is 4.80. The van der Waals surface area contributed by atoms with E-state index >= 15 is 0 Å². The number of carbonyl (C=O) groups excluding carboxylic acids is 1. The van der Waals surface area contributed by atoms with Crippen molar-refractivity contribution >= 4 is 5.91 Å². The average Bonchev–Trinajstić information content (AvgIpc) is 3.40. The molecule has 5 nitrogen and oxygen atoms in total. The number of nitrogens with one attached hydrogen (secondary N) is 1. The molecule has 23 heavy (non-hydrogen) atoms. The van der Waals surface area contributed by atoms with Gasteiger partial charge in [0, 0.05) is 30.7 Å². The number of likely N-dealkylation sites (tertiary alicyclic amines) is 1. The Hall–Kier alpha value is -1.75. The molecule has 1 aromatic rings. The maximum absolute atomic E-state index is 12.4. The summed E-state index contributed by atoms with van der Waals surface area (Å²) in [4.78, 5) is 14.9. The van der Waals surface area contributed by atoms with E-state index in [1.807, 2.05) is 18.2 Å². The number of carbonyl (C=O) groups is 1. The molecule has 1 aromatic carbocycles. The van der Waals surface area contributed by atoms with Gasteiger partial charge in [-0.15, -0.1) is 0 Å². The van der Waals surface area contributed by atoms with Crippen LogP contribution in [-0.2, 0) is 11.2 Å². The fraction of sp³-hybridized carbons (Fsp3) is 0.611. The van der Waals surface area contributed by atoms with Gasteiger partial charge in [0.2, 0.25) is 5.91 Å². The van der Waals surface area contributed by atoms with Crippen LogP contribution in [0.3, 0.4) is 0 Å². The van der Waals surface area contributed by atoms with Gasteiger partial charge in [0.25, 0.3) is 0 Å². The molecule has 0 unspecified atom stereocenters. The summed E-state index contributed by atoms with van der Waals surface area (Å²) in [6.45, 7) is 2.22. The fourth-order valence-electron chi connectivity index (χ4n) is 3.32. The highest BCUT2D eigenvalue weighted by Gasteiger charge is 2.32. The Labute approximate surface area is 137 Å². The quantitative estimate of drug-likeness (QED) is 0.871. The number of hydrogen-bond acceptors (Lipinski definition) is 4. The molecule has 0 spiro atoms. The molecule has 0 bridgehead atoms. The molecule has 1 aliphatic heterocycles. The highest BCUT2D eigenvalue weighted by atomic mass is 16.5. The van der Waals surface area contributed by atoms with E-state index in [1.165, 1.54) is 12.8 Å². The summed E-state index contributed by atoms with van der Waals surface area (Å²) < 4.78 is 10.6. The standard InChI is InChI=1S/C18H26N2O3/c1-22-16-5-6-17(23-2)13(11-16)12-18(21)19-14-7-9-20(10-8-14)15-3-4-15/h5-6,11,14-15H,3-4,7-10,12H2,1-2H3,(H,19,21). The number of piperidine rings is 1. The van der Waals surface area contributed by atoms with Gasteiger partial charge in [-0.2, -0.15) is 0 Å². The zero-order valence-electron chi connectivity index (χ0n) is 14.0. The van der Waals surface area contributed by atoms with Gasteiger partial charge in [0.1, 0.15) is 11.5 Å². The van der Waals surface area contributed by atoms with Crippen LogP contribution in [0.4, 0.5) is 0 Å². The van der Waals surface area contributed by atoms with E-state index in [-0.39, 0.29) is 5.91 Å². The van der Waals surface area contributed by atoms with E-state index in [2.05, 4.69) is 10.2 Å². The van der Waals surface area contributed by atoms with Gasteiger partial charge in [-0.05, 0) is 43.9 Å². The third kappa shape index (κ3) is 4.16. The molecule has 2 aliphatic rings. The third-order valence-corrected chi connectivity index (χ3v) is 4.80. The van der Waals surface area contributed by atoms with Crippen molar-refractivity contribution in [3.8, 4) is 11.5 Å². The Morgan fingerprint density at radius 3 is 2.52 bits per heavy atom. The van der Waals surface area contributed by atoms with Crippen LogP contribution in [0.5, 0.6) is 11.5 Å². The summed E-state index contributed by atoms with van der Waals surface area (Å²) in [5, 5.41) is 3.17. The van der Waals surface area contributed by atoms with Crippen molar-refractivity contribution in [2.45, 2.75) is 44.2 Å². The van der Waals surface area contributed by atoms with Crippen LogP contribution in [0.15, 0.2) is 18.2 Å². The van der Waals surface area contributed by atoms with Crippen molar-refractivity contribution in [3.05, 3.63) is 23.8 Å². The first-order valence-electron chi connectivity index (χ1n) is 8.44. The first-order valence-corrected chi connectivity index (χ1v) is 8.44. The second kappa shape index (κ2) is 7.21. The lowest BCUT2D eigenvalue weighted by atomic mass is 10.0. The number of benzene rings is 1. The minimum Gasteiger partial charge on any atom is -0.497 e. The second-order valence-corrected chi connectivity index (χ2v) is 6.46. The van der Waals surface area contributed by atoms with Crippen molar-refractivity contribution in [1.82, 2.24) is 10.2 Å². The minimum atomic E-state index is 0.0569. The summed E-state index contributed by atoms with van der Waals surface area (Å²) in [5.74, 6) is 1.53. The number of amides is 1. The molecular formula is C18H26N2O3. The molecule has 1 heterocycles. The summed E-state index contributed by atoms with van der Waals surface area (Å²) >= 11 is 0. The molecule has 0 aromatic heterocycles. The van der Waals surface area contributed by atoms with Gasteiger partial charge in [0.15, 0.2) is 0 Å². The van der Waals surface area contributed by atoms with Gasteiger partial charge in [-0.1, -0.05) is 0 Å². The average molecular weight is 318 g/mol. The molecule has 1 amide bonds. The number of ether oxygens (including phenoxy) is 2. The smallest absolute Gasteiger partial charge is 0.224 e. The molecule has 5 heteroatoms. The SMILES string of the molecule is COc1ccc(OC)c(CC(=O)NC2CCN(C3CC3)CC2)c1. The van der Waals surface area contributed by atoms with Gasteiger partial charge in [-0.3, -0.25) is 4.79 Å². The van der Waals surface area contributed by atoms with E-state index in [9.17, 15) is 4.79 Å². The van der Waals surface area contributed by atoms with Gasteiger partial charge < -0.3 is 19.7 Å². The maximum Gasteiger partial charge on any atom is 0.224 e. The highest BCUT2D eigenvalue weighted by molar-refractivity contribution is 5.79. The molecule has 1 N–H and O–H groups in total. The minimum absolute atomic E-state index is 0.0569. The molecule has 0 radical (unpaired) electrons. The van der Waals surface area contributed by atoms with Gasteiger partial charge >= 0.3 is 0 Å². The van der Waals surface area contributed by atoms with Gasteiger partial charge in [0.05, 0.1) is 20.6 Å². The summed E-state index contributed by atoms with van der Waals surface area (Å²) in [7, 11) is 3.25. The van der Waals surface area contributed by atoms with Crippen LogP contribution in [-0.4, -0.2) is 50.2 Å². The second-order valence-electron chi connectivity index (χ2n) is 6.46. The Balaban J connectivity index is 1.53. The Morgan fingerprint density at radius 2 is 1.91 bits per heavy atom. The Morgan fingerprint density at radius 1 is 1.17 bits per heavy atom.